The van der Waals surface area contributed by atoms with Gasteiger partial charge in [0.15, 0.2) is 6.61 Å². The normalized spacial score (nSPS) is 14.6. The van der Waals surface area contributed by atoms with Crippen LogP contribution < -0.4 is 16.0 Å². The molecule has 0 bridgehead atoms. The van der Waals surface area contributed by atoms with Crippen molar-refractivity contribution >= 4 is 34.7 Å². The fourth-order valence-electron chi connectivity index (χ4n) is 2.82. The lowest BCUT2D eigenvalue weighted by Crippen LogP contribution is -2.36. The Bertz CT molecular complexity index is 820. The third kappa shape index (κ3) is 5.87. The molecule has 1 heterocycles. The molecule has 3 rings (SSSR count). The van der Waals surface area contributed by atoms with E-state index in [2.05, 4.69) is 15.4 Å². The Labute approximate surface area is 169 Å². The number of morpholine rings is 1. The number of oxime groups is 1. The predicted octanol–water partition coefficient (Wildman–Crippen LogP) is 2.65. The van der Waals surface area contributed by atoms with Crippen molar-refractivity contribution in [3.63, 3.8) is 0 Å². The van der Waals surface area contributed by atoms with E-state index >= 15 is 0 Å². The lowest BCUT2D eigenvalue weighted by atomic mass is 10.1. The molecule has 0 aromatic heterocycles. The fourth-order valence-corrected chi connectivity index (χ4v) is 3.02. The minimum atomic E-state index is -0.312. The number of amides is 1. The number of nitrogens with zero attached hydrogens (tertiary/aromatic N) is 2. The van der Waals surface area contributed by atoms with Gasteiger partial charge >= 0.3 is 0 Å². The molecular formula is C20H23ClN4O3. The molecule has 0 aliphatic carbocycles. The molecule has 0 atom stereocenters. The van der Waals surface area contributed by atoms with Crippen LogP contribution in [0.15, 0.2) is 53.7 Å². The maximum atomic E-state index is 12.0. The van der Waals surface area contributed by atoms with Crippen molar-refractivity contribution in [2.45, 2.75) is 6.42 Å². The second kappa shape index (κ2) is 9.96. The number of ether oxygens (including phenoxy) is 1. The number of hydrogen-bond acceptors (Lipinski definition) is 5. The summed E-state index contributed by atoms with van der Waals surface area (Å²) in [5, 5.41) is 7.15. The average molecular weight is 403 g/mol. The van der Waals surface area contributed by atoms with Gasteiger partial charge in [-0.1, -0.05) is 35.0 Å². The molecule has 1 amide bonds. The van der Waals surface area contributed by atoms with Crippen molar-refractivity contribution in [3.05, 3.63) is 59.1 Å². The Kier molecular flexibility index (Phi) is 7.11. The number of anilines is 2. The van der Waals surface area contributed by atoms with Crippen molar-refractivity contribution in [1.82, 2.24) is 0 Å². The first kappa shape index (κ1) is 20.0. The summed E-state index contributed by atoms with van der Waals surface area (Å²) in [6.07, 6.45) is 0.351. The van der Waals surface area contributed by atoms with Gasteiger partial charge in [-0.2, -0.15) is 0 Å². The predicted molar refractivity (Wildman–Crippen MR) is 111 cm³/mol. The average Bonchev–Trinajstić information content (AvgIpc) is 2.71. The SMILES string of the molecule is N/C(Cc1ccccc1Cl)=N\OCC(=O)Nc1ccc(N2CCOCC2)cc1. The summed E-state index contributed by atoms with van der Waals surface area (Å²) in [7, 11) is 0. The first-order chi connectivity index (χ1) is 13.6. The summed E-state index contributed by atoms with van der Waals surface area (Å²) in [5.74, 6) is -0.0656. The molecule has 0 radical (unpaired) electrons. The molecule has 0 saturated carbocycles. The van der Waals surface area contributed by atoms with E-state index in [1.807, 2.05) is 42.5 Å². The first-order valence-electron chi connectivity index (χ1n) is 9.02. The molecular weight excluding hydrogens is 380 g/mol. The topological polar surface area (TPSA) is 89.2 Å². The number of nitrogens with two attached hydrogens (primary N) is 1. The molecule has 7 nitrogen and oxygen atoms in total. The van der Waals surface area contributed by atoms with E-state index in [1.54, 1.807) is 6.07 Å². The third-order valence-electron chi connectivity index (χ3n) is 4.23. The number of hydrogen-bond donors (Lipinski definition) is 2. The van der Waals surface area contributed by atoms with Gasteiger partial charge in [-0.15, -0.1) is 0 Å². The highest BCUT2D eigenvalue weighted by atomic mass is 35.5. The van der Waals surface area contributed by atoms with Crippen LogP contribution in [-0.4, -0.2) is 44.7 Å². The van der Waals surface area contributed by atoms with Crippen LogP contribution in [0, 0.1) is 0 Å². The van der Waals surface area contributed by atoms with Gasteiger partial charge in [0.05, 0.1) is 13.2 Å². The van der Waals surface area contributed by atoms with Gasteiger partial charge in [-0.05, 0) is 35.9 Å². The maximum Gasteiger partial charge on any atom is 0.265 e. The fraction of sp³-hybridized carbons (Fsp3) is 0.300. The molecule has 8 heteroatoms. The zero-order valence-corrected chi connectivity index (χ0v) is 16.2. The lowest BCUT2D eigenvalue weighted by molar-refractivity contribution is -0.120. The Balaban J connectivity index is 1.44. The Morgan fingerprint density at radius 3 is 2.61 bits per heavy atom. The van der Waals surface area contributed by atoms with Gasteiger partial charge < -0.3 is 25.5 Å². The van der Waals surface area contributed by atoms with Crippen molar-refractivity contribution in [3.8, 4) is 0 Å². The van der Waals surface area contributed by atoms with Crippen molar-refractivity contribution < 1.29 is 14.4 Å². The number of benzene rings is 2. The second-order valence-electron chi connectivity index (χ2n) is 6.32. The van der Waals surface area contributed by atoms with E-state index < -0.39 is 0 Å². The van der Waals surface area contributed by atoms with Crippen LogP contribution in [0.3, 0.4) is 0 Å². The van der Waals surface area contributed by atoms with Crippen molar-refractivity contribution in [2.24, 2.45) is 10.9 Å². The molecule has 1 fully saturated rings. The van der Waals surface area contributed by atoms with E-state index in [4.69, 9.17) is 26.9 Å². The molecule has 1 aliphatic heterocycles. The van der Waals surface area contributed by atoms with Crippen LogP contribution in [0.2, 0.25) is 5.02 Å². The van der Waals surface area contributed by atoms with E-state index in [1.165, 1.54) is 0 Å². The summed E-state index contributed by atoms with van der Waals surface area (Å²) in [5.41, 5.74) is 8.47. The van der Waals surface area contributed by atoms with Crippen LogP contribution in [0.4, 0.5) is 11.4 Å². The summed E-state index contributed by atoms with van der Waals surface area (Å²) in [4.78, 5) is 19.3. The summed E-state index contributed by atoms with van der Waals surface area (Å²) in [6.45, 7) is 2.97. The van der Waals surface area contributed by atoms with Gasteiger partial charge in [0.1, 0.15) is 5.84 Å². The lowest BCUT2D eigenvalue weighted by Gasteiger charge is -2.28. The van der Waals surface area contributed by atoms with E-state index in [0.717, 1.165) is 37.6 Å². The maximum absolute atomic E-state index is 12.0. The minimum Gasteiger partial charge on any atom is -0.384 e. The van der Waals surface area contributed by atoms with Gasteiger partial charge in [0.25, 0.3) is 5.91 Å². The number of amidine groups is 1. The van der Waals surface area contributed by atoms with Crippen molar-refractivity contribution in [1.29, 1.82) is 0 Å². The summed E-state index contributed by atoms with van der Waals surface area (Å²) >= 11 is 6.08. The zero-order chi connectivity index (χ0) is 19.8. The van der Waals surface area contributed by atoms with E-state index in [0.29, 0.717) is 17.1 Å². The highest BCUT2D eigenvalue weighted by Crippen LogP contribution is 2.19. The van der Waals surface area contributed by atoms with Crippen molar-refractivity contribution in [2.75, 3.05) is 43.1 Å². The number of nitrogens with one attached hydrogen (secondary N) is 1. The summed E-state index contributed by atoms with van der Waals surface area (Å²) in [6, 6.07) is 15.0. The Morgan fingerprint density at radius 1 is 1.18 bits per heavy atom. The van der Waals surface area contributed by atoms with Gasteiger partial charge in [-0.25, -0.2) is 0 Å². The second-order valence-corrected chi connectivity index (χ2v) is 6.73. The van der Waals surface area contributed by atoms with Crippen LogP contribution in [0.1, 0.15) is 5.56 Å². The molecule has 3 N–H and O–H groups in total. The molecule has 2 aromatic rings. The standard InChI is InChI=1S/C20H23ClN4O3/c21-18-4-2-1-3-15(18)13-19(22)24-28-14-20(26)23-16-5-7-17(8-6-16)25-9-11-27-12-10-25/h1-8H,9-14H2,(H2,22,24)(H,23,26). The molecule has 1 saturated heterocycles. The van der Waals surface area contributed by atoms with Crippen LogP contribution in [-0.2, 0) is 20.8 Å². The monoisotopic (exact) mass is 402 g/mol. The quantitative estimate of drug-likeness (QED) is 0.422. The first-order valence-corrected chi connectivity index (χ1v) is 9.40. The Morgan fingerprint density at radius 2 is 1.89 bits per heavy atom. The number of rotatable bonds is 7. The van der Waals surface area contributed by atoms with Crippen LogP contribution >= 0.6 is 11.6 Å². The minimum absolute atomic E-state index is 0.228. The highest BCUT2D eigenvalue weighted by Gasteiger charge is 2.11. The van der Waals surface area contributed by atoms with Crippen LogP contribution in [0.5, 0.6) is 0 Å². The van der Waals surface area contributed by atoms with E-state index in [9.17, 15) is 4.79 Å². The van der Waals surface area contributed by atoms with Gasteiger partial charge in [-0.3, -0.25) is 4.79 Å². The van der Waals surface area contributed by atoms with Crippen LogP contribution in [0.25, 0.3) is 0 Å². The molecule has 148 valence electrons. The van der Waals surface area contributed by atoms with Gasteiger partial charge in [0, 0.05) is 35.9 Å². The number of halogens is 1. The highest BCUT2D eigenvalue weighted by molar-refractivity contribution is 6.31. The molecule has 0 unspecified atom stereocenters. The molecule has 28 heavy (non-hydrogen) atoms. The zero-order valence-electron chi connectivity index (χ0n) is 15.4. The van der Waals surface area contributed by atoms with Gasteiger partial charge in [0.2, 0.25) is 0 Å². The number of carbonyl (C=O) groups excluding carboxylic acids is 1. The third-order valence-corrected chi connectivity index (χ3v) is 4.60. The summed E-state index contributed by atoms with van der Waals surface area (Å²) < 4.78 is 5.35. The van der Waals surface area contributed by atoms with E-state index in [-0.39, 0.29) is 18.3 Å². The largest absolute Gasteiger partial charge is 0.384 e. The molecule has 0 spiro atoms. The Hall–Kier alpha value is -2.77. The molecule has 2 aromatic carbocycles. The molecule has 1 aliphatic rings. The number of carbonyl (C=O) groups is 1. The smallest absolute Gasteiger partial charge is 0.265 e.